The minimum atomic E-state index is -0.317. The summed E-state index contributed by atoms with van der Waals surface area (Å²) in [4.78, 5) is 12.5. The molecule has 0 aliphatic carbocycles. The quantitative estimate of drug-likeness (QED) is 0.706. The Labute approximate surface area is 162 Å². The molecule has 28 heavy (non-hydrogen) atoms. The molecule has 0 bridgehead atoms. The Morgan fingerprint density at radius 1 is 1.21 bits per heavy atom. The minimum absolute atomic E-state index is 0.0443. The highest BCUT2D eigenvalue weighted by Crippen LogP contribution is 2.21. The van der Waals surface area contributed by atoms with Gasteiger partial charge < -0.3 is 20.1 Å². The number of aromatic nitrogens is 3. The molecule has 1 aliphatic heterocycles. The third-order valence-corrected chi connectivity index (χ3v) is 4.53. The first-order valence-electron chi connectivity index (χ1n) is 9.03. The van der Waals surface area contributed by atoms with E-state index in [1.165, 1.54) is 0 Å². The average Bonchev–Trinajstić information content (AvgIpc) is 3.25. The number of ether oxygens (including phenoxy) is 2. The highest BCUT2D eigenvalue weighted by atomic mass is 16.5. The number of hydrogen-bond donors (Lipinski definition) is 2. The van der Waals surface area contributed by atoms with Crippen LogP contribution in [0.25, 0.3) is 5.69 Å². The van der Waals surface area contributed by atoms with Crippen molar-refractivity contribution in [3.05, 3.63) is 66.0 Å². The highest BCUT2D eigenvalue weighted by molar-refractivity contribution is 6.02. The van der Waals surface area contributed by atoms with Crippen molar-refractivity contribution in [1.29, 1.82) is 0 Å². The lowest BCUT2D eigenvalue weighted by molar-refractivity contribution is 0.0277. The Hall–Kier alpha value is -3.23. The van der Waals surface area contributed by atoms with E-state index in [0.717, 1.165) is 30.1 Å². The zero-order valence-electron chi connectivity index (χ0n) is 15.5. The fraction of sp³-hybridized carbons (Fsp3) is 0.250. The second kappa shape index (κ2) is 8.20. The molecule has 1 amide bonds. The molecule has 4 rings (SSSR count). The van der Waals surface area contributed by atoms with Gasteiger partial charge in [0.2, 0.25) is 0 Å². The summed E-state index contributed by atoms with van der Waals surface area (Å²) in [7, 11) is 1.61. The van der Waals surface area contributed by atoms with E-state index >= 15 is 0 Å². The number of carbonyl (C=O) groups is 1. The molecule has 0 spiro atoms. The van der Waals surface area contributed by atoms with Gasteiger partial charge in [0.05, 0.1) is 31.7 Å². The Balaban J connectivity index is 1.41. The molecule has 8 nitrogen and oxygen atoms in total. The molecule has 0 unspecified atom stereocenters. The lowest BCUT2D eigenvalue weighted by Crippen LogP contribution is -2.33. The summed E-state index contributed by atoms with van der Waals surface area (Å²) in [5.41, 5.74) is 2.80. The van der Waals surface area contributed by atoms with Crippen LogP contribution in [-0.4, -0.2) is 47.7 Å². The van der Waals surface area contributed by atoms with E-state index in [1.807, 2.05) is 48.5 Å². The summed E-state index contributed by atoms with van der Waals surface area (Å²) in [6.07, 6.45) is 1.63. The number of benzene rings is 2. The van der Waals surface area contributed by atoms with E-state index in [4.69, 9.17) is 9.47 Å². The largest absolute Gasteiger partial charge is 0.497 e. The van der Waals surface area contributed by atoms with E-state index in [1.54, 1.807) is 18.0 Å². The van der Waals surface area contributed by atoms with Crippen molar-refractivity contribution in [3.8, 4) is 11.4 Å². The van der Waals surface area contributed by atoms with Crippen molar-refractivity contribution in [2.24, 2.45) is 0 Å². The third kappa shape index (κ3) is 4.03. The van der Waals surface area contributed by atoms with Crippen molar-refractivity contribution in [2.75, 3.05) is 32.1 Å². The van der Waals surface area contributed by atoms with Gasteiger partial charge in [-0.25, -0.2) is 4.68 Å². The molecule has 2 N–H and O–H groups in total. The summed E-state index contributed by atoms with van der Waals surface area (Å²) in [6, 6.07) is 15.0. The van der Waals surface area contributed by atoms with Crippen LogP contribution in [-0.2, 0) is 4.74 Å². The topological polar surface area (TPSA) is 90.3 Å². The normalized spacial score (nSPS) is 16.5. The summed E-state index contributed by atoms with van der Waals surface area (Å²) < 4.78 is 12.4. The van der Waals surface area contributed by atoms with Gasteiger partial charge in [0.1, 0.15) is 5.75 Å². The molecular formula is C20H21N5O3. The number of methoxy groups -OCH3 is 1. The Kier molecular flexibility index (Phi) is 5.31. The maximum absolute atomic E-state index is 12.5. The molecule has 1 aromatic heterocycles. The molecule has 144 valence electrons. The predicted molar refractivity (Wildman–Crippen MR) is 104 cm³/mol. The van der Waals surface area contributed by atoms with Crippen LogP contribution < -0.4 is 15.4 Å². The maximum atomic E-state index is 12.5. The van der Waals surface area contributed by atoms with Gasteiger partial charge in [0.15, 0.2) is 5.69 Å². The molecule has 2 heterocycles. The Bertz CT molecular complexity index is 931. The monoisotopic (exact) mass is 379 g/mol. The van der Waals surface area contributed by atoms with Gasteiger partial charge in [0, 0.05) is 18.8 Å². The first-order valence-corrected chi connectivity index (χ1v) is 9.03. The van der Waals surface area contributed by atoms with Crippen LogP contribution in [0.15, 0.2) is 54.7 Å². The van der Waals surface area contributed by atoms with Crippen LogP contribution in [0.1, 0.15) is 22.2 Å². The first-order chi connectivity index (χ1) is 13.7. The lowest BCUT2D eigenvalue weighted by Gasteiger charge is -2.24. The molecule has 8 heteroatoms. The lowest BCUT2D eigenvalue weighted by atomic mass is 10.1. The van der Waals surface area contributed by atoms with Gasteiger partial charge >= 0.3 is 0 Å². The zero-order valence-corrected chi connectivity index (χ0v) is 15.5. The van der Waals surface area contributed by atoms with E-state index in [-0.39, 0.29) is 17.7 Å². The number of anilines is 1. The van der Waals surface area contributed by atoms with Crippen LogP contribution in [0.5, 0.6) is 5.75 Å². The standard InChI is InChI=1S/C20H21N5O3/c1-27-17-8-6-16(7-9-17)25-13-18(23-24-25)20(26)22-15-4-2-14(3-5-15)19-12-21-10-11-28-19/h2-9,13,19,21H,10-12H2,1H3,(H,22,26)/t19-/m1/s1. The molecule has 3 aromatic rings. The molecule has 1 saturated heterocycles. The summed E-state index contributed by atoms with van der Waals surface area (Å²) in [5, 5.41) is 14.1. The van der Waals surface area contributed by atoms with Gasteiger partial charge in [-0.05, 0) is 42.0 Å². The van der Waals surface area contributed by atoms with Gasteiger partial charge in [-0.1, -0.05) is 17.3 Å². The Morgan fingerprint density at radius 2 is 2.00 bits per heavy atom. The number of nitrogens with one attached hydrogen (secondary N) is 2. The van der Waals surface area contributed by atoms with Gasteiger partial charge in [-0.3, -0.25) is 4.79 Å². The van der Waals surface area contributed by atoms with Crippen molar-refractivity contribution in [2.45, 2.75) is 6.10 Å². The third-order valence-electron chi connectivity index (χ3n) is 4.53. The second-order valence-electron chi connectivity index (χ2n) is 6.39. The van der Waals surface area contributed by atoms with Crippen molar-refractivity contribution in [1.82, 2.24) is 20.3 Å². The van der Waals surface area contributed by atoms with E-state index in [0.29, 0.717) is 12.3 Å². The van der Waals surface area contributed by atoms with E-state index in [2.05, 4.69) is 20.9 Å². The molecule has 1 fully saturated rings. The van der Waals surface area contributed by atoms with Crippen LogP contribution >= 0.6 is 0 Å². The van der Waals surface area contributed by atoms with Crippen LogP contribution in [0.2, 0.25) is 0 Å². The van der Waals surface area contributed by atoms with E-state index < -0.39 is 0 Å². The van der Waals surface area contributed by atoms with Crippen LogP contribution in [0.4, 0.5) is 5.69 Å². The first kappa shape index (κ1) is 18.1. The average molecular weight is 379 g/mol. The van der Waals surface area contributed by atoms with Crippen LogP contribution in [0, 0.1) is 0 Å². The van der Waals surface area contributed by atoms with Crippen molar-refractivity contribution < 1.29 is 14.3 Å². The van der Waals surface area contributed by atoms with Crippen molar-refractivity contribution >= 4 is 11.6 Å². The number of amides is 1. The van der Waals surface area contributed by atoms with Crippen LogP contribution in [0.3, 0.4) is 0 Å². The van der Waals surface area contributed by atoms with Gasteiger partial charge in [-0.2, -0.15) is 0 Å². The zero-order chi connectivity index (χ0) is 19.3. The minimum Gasteiger partial charge on any atom is -0.497 e. The van der Waals surface area contributed by atoms with E-state index in [9.17, 15) is 4.79 Å². The molecule has 1 atom stereocenters. The number of nitrogens with zero attached hydrogens (tertiary/aromatic N) is 3. The SMILES string of the molecule is COc1ccc(-n2cc(C(=O)Nc3ccc([C@H]4CNCCO4)cc3)nn2)cc1. The number of carbonyl (C=O) groups excluding carboxylic acids is 1. The summed E-state index contributed by atoms with van der Waals surface area (Å²) in [5.74, 6) is 0.433. The number of morpholine rings is 1. The summed E-state index contributed by atoms with van der Waals surface area (Å²) in [6.45, 7) is 2.37. The molecule has 1 aliphatic rings. The van der Waals surface area contributed by atoms with Crippen molar-refractivity contribution in [3.63, 3.8) is 0 Å². The second-order valence-corrected chi connectivity index (χ2v) is 6.39. The molecule has 0 radical (unpaired) electrons. The fourth-order valence-electron chi connectivity index (χ4n) is 2.98. The summed E-state index contributed by atoms with van der Waals surface area (Å²) >= 11 is 0. The van der Waals surface area contributed by atoms with Gasteiger partial charge in [0.25, 0.3) is 5.91 Å². The number of rotatable bonds is 5. The maximum Gasteiger partial charge on any atom is 0.277 e. The molecule has 0 saturated carbocycles. The fourth-order valence-corrected chi connectivity index (χ4v) is 2.98. The smallest absolute Gasteiger partial charge is 0.277 e. The highest BCUT2D eigenvalue weighted by Gasteiger charge is 2.16. The molecular weight excluding hydrogens is 358 g/mol. The number of hydrogen-bond acceptors (Lipinski definition) is 6. The molecule has 2 aromatic carbocycles. The predicted octanol–water partition coefficient (Wildman–Crippen LogP) is 2.19. The van der Waals surface area contributed by atoms with Gasteiger partial charge in [-0.15, -0.1) is 5.10 Å². The Morgan fingerprint density at radius 3 is 2.68 bits per heavy atom.